The molecule has 35 heavy (non-hydrogen) atoms. The summed E-state index contributed by atoms with van der Waals surface area (Å²) in [4.78, 5) is 4.83. The third kappa shape index (κ3) is 4.24. The van der Waals surface area contributed by atoms with Crippen LogP contribution in [0, 0.1) is 0 Å². The number of pyridine rings is 1. The molecule has 3 nitrogen and oxygen atoms in total. The largest absolute Gasteiger partial charge is 0.481 e. The first-order valence-corrected chi connectivity index (χ1v) is 12.3. The van der Waals surface area contributed by atoms with Crippen LogP contribution >= 0.6 is 15.9 Å². The number of fused-ring (bicyclic) bond motifs is 2. The van der Waals surface area contributed by atoms with Crippen LogP contribution in [0.25, 0.3) is 21.7 Å². The van der Waals surface area contributed by atoms with Gasteiger partial charge in [0, 0.05) is 21.3 Å². The molecule has 0 aliphatic heterocycles. The molecule has 4 heteroatoms. The summed E-state index contributed by atoms with van der Waals surface area (Å²) in [6.07, 6.45) is 2.13. The Balaban J connectivity index is 1.85. The zero-order chi connectivity index (χ0) is 24.4. The van der Waals surface area contributed by atoms with Crippen LogP contribution in [-0.2, 0) is 5.60 Å². The maximum Gasteiger partial charge on any atom is 0.217 e. The van der Waals surface area contributed by atoms with Gasteiger partial charge in [-0.05, 0) is 52.6 Å². The van der Waals surface area contributed by atoms with Crippen molar-refractivity contribution in [3.8, 4) is 5.88 Å². The average molecular weight is 524 g/mol. The number of aliphatic hydroxyl groups is 1. The van der Waals surface area contributed by atoms with Gasteiger partial charge >= 0.3 is 0 Å². The maximum atomic E-state index is 12.7. The molecule has 1 aromatic heterocycles. The van der Waals surface area contributed by atoms with Gasteiger partial charge in [-0.15, -0.1) is 6.58 Å². The number of aromatic nitrogens is 1. The van der Waals surface area contributed by atoms with Crippen molar-refractivity contribution < 1.29 is 9.84 Å². The summed E-state index contributed by atoms with van der Waals surface area (Å²) < 4.78 is 6.79. The molecule has 174 valence electrons. The van der Waals surface area contributed by atoms with E-state index in [0.29, 0.717) is 12.3 Å². The summed E-state index contributed by atoms with van der Waals surface area (Å²) in [5.74, 6) is 0.0368. The highest BCUT2D eigenvalue weighted by molar-refractivity contribution is 9.10. The van der Waals surface area contributed by atoms with E-state index in [1.165, 1.54) is 0 Å². The molecule has 0 saturated carbocycles. The highest BCUT2D eigenvalue weighted by Crippen LogP contribution is 2.49. The van der Waals surface area contributed by atoms with E-state index in [9.17, 15) is 5.11 Å². The lowest BCUT2D eigenvalue weighted by atomic mass is 9.70. The number of benzene rings is 4. The molecule has 0 aliphatic rings. The van der Waals surface area contributed by atoms with Gasteiger partial charge in [-0.2, -0.15) is 0 Å². The Kier molecular flexibility index (Phi) is 6.42. The van der Waals surface area contributed by atoms with Crippen LogP contribution in [0.2, 0.25) is 0 Å². The number of rotatable bonds is 7. The quantitative estimate of drug-likeness (QED) is 0.221. The summed E-state index contributed by atoms with van der Waals surface area (Å²) in [6, 6.07) is 32.4. The van der Waals surface area contributed by atoms with Crippen molar-refractivity contribution in [1.29, 1.82) is 0 Å². The van der Waals surface area contributed by atoms with Gasteiger partial charge in [0.1, 0.15) is 5.60 Å². The molecule has 4 aromatic carbocycles. The second-order valence-corrected chi connectivity index (χ2v) is 9.63. The van der Waals surface area contributed by atoms with Gasteiger partial charge in [-0.3, -0.25) is 0 Å². The molecule has 0 unspecified atom stereocenters. The van der Waals surface area contributed by atoms with Crippen molar-refractivity contribution in [2.24, 2.45) is 0 Å². The van der Waals surface area contributed by atoms with Crippen molar-refractivity contribution >= 4 is 37.6 Å². The number of methoxy groups -OCH3 is 1. The third-order valence-electron chi connectivity index (χ3n) is 6.60. The third-order valence-corrected chi connectivity index (χ3v) is 7.09. The first-order valence-electron chi connectivity index (χ1n) is 11.6. The molecule has 0 saturated heterocycles. The van der Waals surface area contributed by atoms with Crippen molar-refractivity contribution in [1.82, 2.24) is 4.98 Å². The van der Waals surface area contributed by atoms with E-state index in [0.717, 1.165) is 42.8 Å². The van der Waals surface area contributed by atoms with Gasteiger partial charge in [0.25, 0.3) is 0 Å². The summed E-state index contributed by atoms with van der Waals surface area (Å²) >= 11 is 3.58. The first kappa shape index (κ1) is 23.3. The molecule has 0 spiro atoms. The van der Waals surface area contributed by atoms with E-state index in [4.69, 9.17) is 9.72 Å². The van der Waals surface area contributed by atoms with Crippen molar-refractivity contribution in [2.75, 3.05) is 7.11 Å². The molecule has 1 heterocycles. The minimum Gasteiger partial charge on any atom is -0.481 e. The predicted molar refractivity (Wildman–Crippen MR) is 147 cm³/mol. The Morgan fingerprint density at radius 1 is 0.943 bits per heavy atom. The molecule has 5 rings (SSSR count). The van der Waals surface area contributed by atoms with E-state index in [-0.39, 0.29) is 0 Å². The summed E-state index contributed by atoms with van der Waals surface area (Å²) in [5, 5.41) is 15.8. The lowest BCUT2D eigenvalue weighted by molar-refractivity contribution is 0.0228. The zero-order valence-corrected chi connectivity index (χ0v) is 21.1. The van der Waals surface area contributed by atoms with Gasteiger partial charge in [-0.1, -0.05) is 94.8 Å². The number of halogens is 1. The lowest BCUT2D eigenvalue weighted by Crippen LogP contribution is -2.34. The van der Waals surface area contributed by atoms with Crippen LogP contribution in [0.4, 0.5) is 0 Å². The van der Waals surface area contributed by atoms with Crippen LogP contribution in [0.15, 0.2) is 114 Å². The van der Waals surface area contributed by atoms with Crippen molar-refractivity contribution in [2.45, 2.75) is 17.9 Å². The predicted octanol–water partition coefficient (Wildman–Crippen LogP) is 7.75. The minimum absolute atomic E-state index is 0.347. The molecule has 2 atom stereocenters. The van der Waals surface area contributed by atoms with Crippen LogP contribution in [0.1, 0.15) is 29.0 Å². The number of nitrogens with zero attached hydrogens (tertiary/aromatic N) is 1. The molecule has 0 radical (unpaired) electrons. The van der Waals surface area contributed by atoms with Gasteiger partial charge in [0.05, 0.1) is 12.6 Å². The lowest BCUT2D eigenvalue weighted by Gasteiger charge is -2.38. The van der Waals surface area contributed by atoms with Gasteiger partial charge in [0.15, 0.2) is 0 Å². The number of hydrogen-bond acceptors (Lipinski definition) is 3. The fourth-order valence-corrected chi connectivity index (χ4v) is 5.46. The summed E-state index contributed by atoms with van der Waals surface area (Å²) in [5.41, 5.74) is 2.16. The molecular formula is C31H26BrNO2. The van der Waals surface area contributed by atoms with E-state index in [2.05, 4.69) is 58.9 Å². The van der Waals surface area contributed by atoms with E-state index in [1.54, 1.807) is 13.2 Å². The standard InChI is InChI=1S/C31H26BrNO2/c1-3-18-31(34,27-15-9-13-21-10-7-8-14-25(21)27)29(22-11-5-4-6-12-22)26-20-23-19-24(32)16-17-28(23)33-30(26)35-2/h3-17,19-20,29,34H,1,18H2,2H3/t29-,31-/m1/s1. The minimum atomic E-state index is -1.31. The normalized spacial score (nSPS) is 13.9. The van der Waals surface area contributed by atoms with Gasteiger partial charge in [0.2, 0.25) is 5.88 Å². The Labute approximate surface area is 213 Å². The first-order chi connectivity index (χ1) is 17.0. The van der Waals surface area contributed by atoms with Gasteiger partial charge in [-0.25, -0.2) is 4.98 Å². The van der Waals surface area contributed by atoms with Crippen LogP contribution in [0.5, 0.6) is 5.88 Å². The second kappa shape index (κ2) is 9.65. The number of hydrogen-bond donors (Lipinski definition) is 1. The SMILES string of the molecule is C=CC[C@@](O)(c1cccc2ccccc12)[C@H](c1ccccc1)c1cc2cc(Br)ccc2nc1OC. The Morgan fingerprint density at radius 3 is 2.46 bits per heavy atom. The van der Waals surface area contributed by atoms with Crippen molar-refractivity contribution in [3.63, 3.8) is 0 Å². The van der Waals surface area contributed by atoms with E-state index >= 15 is 0 Å². The molecule has 0 amide bonds. The van der Waals surface area contributed by atoms with Crippen molar-refractivity contribution in [3.05, 3.63) is 131 Å². The molecule has 1 N–H and O–H groups in total. The molecule has 0 bridgehead atoms. The average Bonchev–Trinajstić information content (AvgIpc) is 2.89. The maximum absolute atomic E-state index is 12.7. The zero-order valence-electron chi connectivity index (χ0n) is 19.5. The van der Waals surface area contributed by atoms with Crippen LogP contribution < -0.4 is 4.74 Å². The highest BCUT2D eigenvalue weighted by atomic mass is 79.9. The van der Waals surface area contributed by atoms with E-state index in [1.807, 2.05) is 60.7 Å². The monoisotopic (exact) mass is 523 g/mol. The molecule has 0 fully saturated rings. The fraction of sp³-hybridized carbons (Fsp3) is 0.129. The smallest absolute Gasteiger partial charge is 0.217 e. The summed E-state index contributed by atoms with van der Waals surface area (Å²) in [7, 11) is 1.63. The second-order valence-electron chi connectivity index (χ2n) is 8.71. The van der Waals surface area contributed by atoms with E-state index < -0.39 is 11.5 Å². The summed E-state index contributed by atoms with van der Waals surface area (Å²) in [6.45, 7) is 4.01. The Bertz CT molecular complexity index is 1510. The molecular weight excluding hydrogens is 498 g/mol. The Morgan fingerprint density at radius 2 is 1.69 bits per heavy atom. The topological polar surface area (TPSA) is 42.4 Å². The van der Waals surface area contributed by atoms with Crippen LogP contribution in [0.3, 0.4) is 0 Å². The fourth-order valence-electron chi connectivity index (χ4n) is 5.08. The molecule has 0 aliphatic carbocycles. The van der Waals surface area contributed by atoms with Crippen LogP contribution in [-0.4, -0.2) is 17.2 Å². The number of ether oxygens (including phenoxy) is 1. The molecule has 5 aromatic rings. The highest BCUT2D eigenvalue weighted by Gasteiger charge is 2.42. The Hall–Kier alpha value is -3.47. The van der Waals surface area contributed by atoms with Gasteiger partial charge < -0.3 is 9.84 Å².